The molecule has 1 saturated heterocycles. The minimum Gasteiger partial charge on any atom is -0.495 e. The first-order valence-electron chi connectivity index (χ1n) is 11.5. The SMILES string of the molecule is COc1ccc(N2C(=O)NC(=O)C(=Cc3cn(CCOc4ccccc4)c4ccccc34)C2=O)cc1Cl. The Labute approximate surface area is 217 Å². The van der Waals surface area contributed by atoms with Gasteiger partial charge in [0.1, 0.15) is 23.7 Å². The zero-order chi connectivity index (χ0) is 25.9. The monoisotopic (exact) mass is 515 g/mol. The fraction of sp³-hybridized carbons (Fsp3) is 0.107. The van der Waals surface area contributed by atoms with Gasteiger partial charge in [0.05, 0.1) is 24.4 Å². The van der Waals surface area contributed by atoms with Crippen LogP contribution in [0.5, 0.6) is 11.5 Å². The molecule has 37 heavy (non-hydrogen) atoms. The average Bonchev–Trinajstić information content (AvgIpc) is 3.24. The summed E-state index contributed by atoms with van der Waals surface area (Å²) in [5.74, 6) is -0.352. The van der Waals surface area contributed by atoms with Gasteiger partial charge in [-0.2, -0.15) is 0 Å². The second kappa shape index (κ2) is 10.2. The Kier molecular flexibility index (Phi) is 6.66. The van der Waals surface area contributed by atoms with E-state index in [0.717, 1.165) is 21.6 Å². The average molecular weight is 516 g/mol. The van der Waals surface area contributed by atoms with Crippen LogP contribution in [-0.2, 0) is 16.1 Å². The number of methoxy groups -OCH3 is 1. The molecule has 9 heteroatoms. The van der Waals surface area contributed by atoms with E-state index in [4.69, 9.17) is 21.1 Å². The van der Waals surface area contributed by atoms with Crippen LogP contribution < -0.4 is 19.7 Å². The van der Waals surface area contributed by atoms with Crippen molar-refractivity contribution >= 4 is 52.1 Å². The van der Waals surface area contributed by atoms with Crippen molar-refractivity contribution in [3.63, 3.8) is 0 Å². The van der Waals surface area contributed by atoms with Crippen LogP contribution in [0, 0.1) is 0 Å². The van der Waals surface area contributed by atoms with Crippen molar-refractivity contribution < 1.29 is 23.9 Å². The predicted molar refractivity (Wildman–Crippen MR) is 141 cm³/mol. The standard InChI is InChI=1S/C28H22ClN3O5/c1-36-25-12-11-19(16-23(25)29)32-27(34)22(26(33)30-28(32)35)15-18-17-31(24-10-6-5-9-21(18)24)13-14-37-20-7-3-2-4-8-20/h2-12,15-17H,13-14H2,1H3,(H,30,33,35). The van der Waals surface area contributed by atoms with Crippen LogP contribution in [0.25, 0.3) is 17.0 Å². The molecule has 0 saturated carbocycles. The number of para-hydroxylation sites is 2. The fourth-order valence-corrected chi connectivity index (χ4v) is 4.45. The molecule has 1 aliphatic heterocycles. The summed E-state index contributed by atoms with van der Waals surface area (Å²) in [5.41, 5.74) is 1.63. The molecular weight excluding hydrogens is 494 g/mol. The minimum atomic E-state index is -0.853. The van der Waals surface area contributed by atoms with Crippen molar-refractivity contribution in [2.24, 2.45) is 0 Å². The number of benzene rings is 3. The summed E-state index contributed by atoms with van der Waals surface area (Å²) in [6.07, 6.45) is 3.36. The molecule has 0 unspecified atom stereocenters. The molecule has 1 fully saturated rings. The zero-order valence-electron chi connectivity index (χ0n) is 19.8. The highest BCUT2D eigenvalue weighted by molar-refractivity contribution is 6.40. The molecule has 1 aliphatic rings. The number of urea groups is 1. The van der Waals surface area contributed by atoms with Crippen molar-refractivity contribution in [1.29, 1.82) is 0 Å². The summed E-state index contributed by atoms with van der Waals surface area (Å²) >= 11 is 6.20. The smallest absolute Gasteiger partial charge is 0.335 e. The number of hydrogen-bond donors (Lipinski definition) is 1. The van der Waals surface area contributed by atoms with Gasteiger partial charge in [-0.3, -0.25) is 14.9 Å². The highest BCUT2D eigenvalue weighted by atomic mass is 35.5. The quantitative estimate of drug-likeness (QED) is 0.275. The lowest BCUT2D eigenvalue weighted by Gasteiger charge is -2.26. The second-order valence-electron chi connectivity index (χ2n) is 8.23. The largest absolute Gasteiger partial charge is 0.495 e. The third-order valence-electron chi connectivity index (χ3n) is 5.96. The summed E-state index contributed by atoms with van der Waals surface area (Å²) in [4.78, 5) is 39.5. The molecule has 4 aromatic rings. The molecule has 4 amide bonds. The number of imide groups is 2. The van der Waals surface area contributed by atoms with Gasteiger partial charge in [0.15, 0.2) is 0 Å². The number of nitrogens with one attached hydrogen (secondary N) is 1. The number of hydrogen-bond acceptors (Lipinski definition) is 5. The van der Waals surface area contributed by atoms with Crippen molar-refractivity contribution in [2.75, 3.05) is 18.6 Å². The van der Waals surface area contributed by atoms with Crippen molar-refractivity contribution in [1.82, 2.24) is 9.88 Å². The van der Waals surface area contributed by atoms with Gasteiger partial charge in [-0.25, -0.2) is 9.69 Å². The van der Waals surface area contributed by atoms with Crippen LogP contribution in [0.3, 0.4) is 0 Å². The Morgan fingerprint density at radius 1 is 0.973 bits per heavy atom. The van der Waals surface area contributed by atoms with Gasteiger partial charge in [-0.15, -0.1) is 0 Å². The van der Waals surface area contributed by atoms with Gasteiger partial charge in [0, 0.05) is 22.7 Å². The number of anilines is 1. The maximum absolute atomic E-state index is 13.4. The summed E-state index contributed by atoms with van der Waals surface area (Å²) in [6.45, 7) is 0.978. The van der Waals surface area contributed by atoms with Gasteiger partial charge in [0.25, 0.3) is 11.8 Å². The number of fused-ring (bicyclic) bond motifs is 1. The number of ether oxygens (including phenoxy) is 2. The lowest BCUT2D eigenvalue weighted by atomic mass is 10.1. The Bertz CT molecular complexity index is 1540. The number of nitrogens with zero attached hydrogens (tertiary/aromatic N) is 2. The number of carbonyl (C=O) groups excluding carboxylic acids is 3. The predicted octanol–water partition coefficient (Wildman–Crippen LogP) is 5.05. The Hall–Kier alpha value is -4.56. The van der Waals surface area contributed by atoms with Crippen LogP contribution in [0.4, 0.5) is 10.5 Å². The third kappa shape index (κ3) is 4.79. The van der Waals surface area contributed by atoms with Crippen molar-refractivity contribution in [3.8, 4) is 11.5 Å². The van der Waals surface area contributed by atoms with E-state index in [9.17, 15) is 14.4 Å². The van der Waals surface area contributed by atoms with Crippen LogP contribution in [-0.4, -0.2) is 36.1 Å². The van der Waals surface area contributed by atoms with Crippen LogP contribution in [0.2, 0.25) is 5.02 Å². The van der Waals surface area contributed by atoms with Crippen LogP contribution in [0.15, 0.2) is 84.6 Å². The van der Waals surface area contributed by atoms with E-state index in [1.807, 2.05) is 65.4 Å². The van der Waals surface area contributed by atoms with Gasteiger partial charge in [0.2, 0.25) is 0 Å². The van der Waals surface area contributed by atoms with Gasteiger partial charge >= 0.3 is 6.03 Å². The van der Waals surface area contributed by atoms with E-state index in [2.05, 4.69) is 5.32 Å². The Morgan fingerprint density at radius 3 is 2.49 bits per heavy atom. The molecule has 0 radical (unpaired) electrons. The number of carbonyl (C=O) groups is 3. The molecule has 0 atom stereocenters. The first-order valence-corrected chi connectivity index (χ1v) is 11.8. The van der Waals surface area contributed by atoms with Gasteiger partial charge in [-0.05, 0) is 42.5 Å². The number of barbiturate groups is 1. The Balaban J connectivity index is 1.46. The second-order valence-corrected chi connectivity index (χ2v) is 8.64. The van der Waals surface area contributed by atoms with E-state index in [1.165, 1.54) is 25.3 Å². The minimum absolute atomic E-state index is 0.171. The van der Waals surface area contributed by atoms with E-state index >= 15 is 0 Å². The molecule has 0 aliphatic carbocycles. The number of aromatic nitrogens is 1. The van der Waals surface area contributed by atoms with Crippen LogP contribution >= 0.6 is 11.6 Å². The molecule has 0 bridgehead atoms. The molecule has 8 nitrogen and oxygen atoms in total. The zero-order valence-corrected chi connectivity index (χ0v) is 20.6. The lowest BCUT2D eigenvalue weighted by Crippen LogP contribution is -2.54. The molecule has 2 heterocycles. The summed E-state index contributed by atoms with van der Waals surface area (Å²) in [5, 5.41) is 3.32. The number of rotatable bonds is 7. The molecule has 1 aromatic heterocycles. The number of halogens is 1. The highest BCUT2D eigenvalue weighted by Crippen LogP contribution is 2.31. The summed E-state index contributed by atoms with van der Waals surface area (Å²) in [6, 6.07) is 20.8. The molecular formula is C28H22ClN3O5. The summed E-state index contributed by atoms with van der Waals surface area (Å²) < 4.78 is 13.0. The summed E-state index contributed by atoms with van der Waals surface area (Å²) in [7, 11) is 1.46. The van der Waals surface area contributed by atoms with Crippen molar-refractivity contribution in [2.45, 2.75) is 6.54 Å². The molecule has 3 aromatic carbocycles. The van der Waals surface area contributed by atoms with E-state index in [1.54, 1.807) is 6.07 Å². The third-order valence-corrected chi connectivity index (χ3v) is 6.25. The first-order chi connectivity index (χ1) is 18.0. The molecule has 1 N–H and O–H groups in total. The topological polar surface area (TPSA) is 89.9 Å². The van der Waals surface area contributed by atoms with Crippen LogP contribution in [0.1, 0.15) is 5.56 Å². The lowest BCUT2D eigenvalue weighted by molar-refractivity contribution is -0.122. The number of amides is 4. The molecule has 0 spiro atoms. The van der Waals surface area contributed by atoms with Gasteiger partial charge < -0.3 is 14.0 Å². The Morgan fingerprint density at radius 2 is 1.73 bits per heavy atom. The maximum Gasteiger partial charge on any atom is 0.335 e. The normalized spacial score (nSPS) is 14.8. The molecule has 5 rings (SSSR count). The van der Waals surface area contributed by atoms with E-state index in [0.29, 0.717) is 24.5 Å². The van der Waals surface area contributed by atoms with Gasteiger partial charge in [-0.1, -0.05) is 48.0 Å². The molecule has 186 valence electrons. The van der Waals surface area contributed by atoms with Crippen molar-refractivity contribution in [3.05, 3.63) is 95.2 Å². The first kappa shape index (κ1) is 24.1. The highest BCUT2D eigenvalue weighted by Gasteiger charge is 2.37. The maximum atomic E-state index is 13.4. The van der Waals surface area contributed by atoms with E-state index in [-0.39, 0.29) is 16.3 Å². The fourth-order valence-electron chi connectivity index (χ4n) is 4.20. The van der Waals surface area contributed by atoms with E-state index < -0.39 is 17.8 Å².